The summed E-state index contributed by atoms with van der Waals surface area (Å²) in [6, 6.07) is 10.6. The molecule has 2 saturated heterocycles. The van der Waals surface area contributed by atoms with Crippen molar-refractivity contribution in [3.05, 3.63) is 77.4 Å². The van der Waals surface area contributed by atoms with E-state index in [1.807, 2.05) is 32.2 Å². The number of amides is 1. The van der Waals surface area contributed by atoms with Gasteiger partial charge in [-0.25, -0.2) is 0 Å². The third-order valence-electron chi connectivity index (χ3n) is 6.25. The minimum absolute atomic E-state index is 0.0609. The van der Waals surface area contributed by atoms with Gasteiger partial charge in [0.05, 0.1) is 6.10 Å². The van der Waals surface area contributed by atoms with Crippen molar-refractivity contribution >= 4 is 23.4 Å². The Balaban J connectivity index is 1.59. The molecule has 0 aromatic heterocycles. The summed E-state index contributed by atoms with van der Waals surface area (Å²) in [5.41, 5.74) is 3.24. The predicted molar refractivity (Wildman–Crippen MR) is 147 cm³/mol. The van der Waals surface area contributed by atoms with E-state index in [1.54, 1.807) is 11.9 Å². The monoisotopic (exact) mass is 496 g/mol. The number of hydrogen-bond donors (Lipinski definition) is 1. The van der Waals surface area contributed by atoms with Crippen LogP contribution in [0.25, 0.3) is 5.57 Å². The minimum Gasteiger partial charge on any atom is -0.381 e. The maximum Gasteiger partial charge on any atom is 0.251 e. The fourth-order valence-electron chi connectivity index (χ4n) is 4.41. The number of carbonyl (C=O) groups is 1. The van der Waals surface area contributed by atoms with Crippen LogP contribution < -0.4 is 5.32 Å². The van der Waals surface area contributed by atoms with Crippen LogP contribution in [0.3, 0.4) is 0 Å². The van der Waals surface area contributed by atoms with Crippen molar-refractivity contribution in [3.8, 4) is 0 Å². The molecular weight excluding hydrogens is 456 g/mol. The Labute approximate surface area is 215 Å². The van der Waals surface area contributed by atoms with Gasteiger partial charge in [0.2, 0.25) is 0 Å². The zero-order valence-electron chi connectivity index (χ0n) is 21.2. The average Bonchev–Trinajstić information content (AvgIpc) is 2.90. The molecule has 5 nitrogen and oxygen atoms in total. The summed E-state index contributed by atoms with van der Waals surface area (Å²) in [5.74, 6) is 0.420. The molecule has 2 fully saturated rings. The number of hydrogen-bond acceptors (Lipinski definition) is 5. The Morgan fingerprint density at radius 1 is 1.14 bits per heavy atom. The van der Waals surface area contributed by atoms with E-state index in [0.717, 1.165) is 63.3 Å². The molecule has 1 amide bonds. The Morgan fingerprint density at radius 2 is 1.91 bits per heavy atom. The van der Waals surface area contributed by atoms with E-state index < -0.39 is 0 Å². The van der Waals surface area contributed by atoms with Gasteiger partial charge in [-0.2, -0.15) is 0 Å². The number of nitrogens with one attached hydrogen (secondary N) is 1. The van der Waals surface area contributed by atoms with Crippen molar-refractivity contribution in [1.82, 2.24) is 9.62 Å². The quantitative estimate of drug-likeness (QED) is 0.227. The normalized spacial score (nSPS) is 20.1. The number of carbonyl (C=O) groups excluding carboxylic acids is 1. The lowest BCUT2D eigenvalue weighted by molar-refractivity contribution is -0.118. The SMILES string of the molecule is C=C(/C=C\C(=C/CC)C(=O)NCC1CCCCO1)SN(C)/C=C(\c1ccccc1)C1CCOCC1. The summed E-state index contributed by atoms with van der Waals surface area (Å²) >= 11 is 1.56. The summed E-state index contributed by atoms with van der Waals surface area (Å²) in [7, 11) is 2.05. The van der Waals surface area contributed by atoms with Crippen LogP contribution in [-0.2, 0) is 14.3 Å². The lowest BCUT2D eigenvalue weighted by Gasteiger charge is -2.27. The van der Waals surface area contributed by atoms with Crippen LogP contribution in [0, 0.1) is 5.92 Å². The first-order chi connectivity index (χ1) is 17.1. The van der Waals surface area contributed by atoms with Gasteiger partial charge in [0, 0.05) is 50.1 Å². The third kappa shape index (κ3) is 9.36. The summed E-state index contributed by atoms with van der Waals surface area (Å²) in [4.78, 5) is 13.6. The summed E-state index contributed by atoms with van der Waals surface area (Å²) in [5, 5.41) is 3.03. The van der Waals surface area contributed by atoms with E-state index in [1.165, 1.54) is 11.1 Å². The molecule has 0 aliphatic carbocycles. The summed E-state index contributed by atoms with van der Waals surface area (Å²) in [6.07, 6.45) is 14.2. The van der Waals surface area contributed by atoms with Gasteiger partial charge in [-0.1, -0.05) is 49.9 Å². The minimum atomic E-state index is -0.0609. The highest BCUT2D eigenvalue weighted by Gasteiger charge is 2.20. The van der Waals surface area contributed by atoms with Gasteiger partial charge < -0.3 is 19.1 Å². The van der Waals surface area contributed by atoms with Crippen LogP contribution in [0.15, 0.2) is 71.8 Å². The number of allylic oxidation sites excluding steroid dienone is 3. The highest BCUT2D eigenvalue weighted by Crippen LogP contribution is 2.33. The molecule has 1 unspecified atom stereocenters. The van der Waals surface area contributed by atoms with Gasteiger partial charge in [-0.15, -0.1) is 0 Å². The van der Waals surface area contributed by atoms with Crippen LogP contribution in [0.4, 0.5) is 0 Å². The number of nitrogens with zero attached hydrogens (tertiary/aromatic N) is 1. The molecule has 1 aromatic carbocycles. The average molecular weight is 497 g/mol. The first-order valence-corrected chi connectivity index (χ1v) is 13.6. The first-order valence-electron chi connectivity index (χ1n) is 12.8. The van der Waals surface area contributed by atoms with E-state index in [0.29, 0.717) is 18.0 Å². The largest absolute Gasteiger partial charge is 0.381 e. The zero-order valence-corrected chi connectivity index (χ0v) is 22.0. The van der Waals surface area contributed by atoms with Crippen LogP contribution in [0.5, 0.6) is 0 Å². The first kappa shape index (κ1) is 27.3. The second-order valence-corrected chi connectivity index (χ2v) is 10.3. The van der Waals surface area contributed by atoms with Crippen LogP contribution >= 0.6 is 11.9 Å². The van der Waals surface area contributed by atoms with Gasteiger partial charge >= 0.3 is 0 Å². The molecule has 6 heteroatoms. The van der Waals surface area contributed by atoms with Gasteiger partial charge in [-0.05, 0) is 79.7 Å². The molecule has 35 heavy (non-hydrogen) atoms. The molecule has 3 rings (SSSR count). The fraction of sp³-hybridized carbons (Fsp3) is 0.483. The third-order valence-corrected chi connectivity index (χ3v) is 7.01. The van der Waals surface area contributed by atoms with Crippen molar-refractivity contribution in [1.29, 1.82) is 0 Å². The van der Waals surface area contributed by atoms with Gasteiger partial charge in [0.25, 0.3) is 5.91 Å². The van der Waals surface area contributed by atoms with Crippen molar-refractivity contribution < 1.29 is 14.3 Å². The Hall–Kier alpha value is -2.28. The zero-order chi connectivity index (χ0) is 24.9. The number of benzene rings is 1. The Morgan fingerprint density at radius 3 is 2.60 bits per heavy atom. The Kier molecular flexibility index (Phi) is 11.7. The lowest BCUT2D eigenvalue weighted by atomic mass is 9.87. The molecule has 0 bridgehead atoms. The van der Waals surface area contributed by atoms with E-state index in [-0.39, 0.29) is 12.0 Å². The van der Waals surface area contributed by atoms with Crippen molar-refractivity contribution in [2.24, 2.45) is 5.92 Å². The molecule has 190 valence electrons. The molecule has 2 aliphatic rings. The second kappa shape index (κ2) is 15.0. The lowest BCUT2D eigenvalue weighted by Crippen LogP contribution is -2.35. The maximum atomic E-state index is 12.7. The highest BCUT2D eigenvalue weighted by molar-refractivity contribution is 8.01. The topological polar surface area (TPSA) is 50.8 Å². The van der Waals surface area contributed by atoms with Gasteiger partial charge in [0.1, 0.15) is 0 Å². The molecule has 1 aromatic rings. The van der Waals surface area contributed by atoms with Crippen LogP contribution in [0.2, 0.25) is 0 Å². The second-order valence-electron chi connectivity index (χ2n) is 9.04. The van der Waals surface area contributed by atoms with E-state index in [9.17, 15) is 4.79 Å². The Bertz CT molecular complexity index is 898. The number of ether oxygens (including phenoxy) is 2. The summed E-state index contributed by atoms with van der Waals surface area (Å²) in [6.45, 7) is 9.21. The molecule has 2 heterocycles. The molecule has 0 spiro atoms. The smallest absolute Gasteiger partial charge is 0.251 e. The van der Waals surface area contributed by atoms with Crippen LogP contribution in [0.1, 0.15) is 51.0 Å². The predicted octanol–water partition coefficient (Wildman–Crippen LogP) is 6.13. The highest BCUT2D eigenvalue weighted by atomic mass is 32.2. The van der Waals surface area contributed by atoms with Gasteiger partial charge in [0.15, 0.2) is 0 Å². The molecule has 1 atom stereocenters. The standard InChI is InChI=1S/C29H40N2O3S/c1-4-10-26(29(32)30-21-27-13-8-9-18-34-27)15-14-23(2)35-31(3)22-28(24-11-6-5-7-12-24)25-16-19-33-20-17-25/h5-7,10-12,14-15,22,25,27H,2,4,8-9,13,16-21H2,1,3H3,(H,30,32)/b15-14-,26-10+,28-22+. The molecule has 0 radical (unpaired) electrons. The molecule has 1 N–H and O–H groups in total. The van der Waals surface area contributed by atoms with E-state index >= 15 is 0 Å². The summed E-state index contributed by atoms with van der Waals surface area (Å²) < 4.78 is 13.4. The van der Waals surface area contributed by atoms with Crippen molar-refractivity contribution in [2.75, 3.05) is 33.4 Å². The van der Waals surface area contributed by atoms with Crippen molar-refractivity contribution in [3.63, 3.8) is 0 Å². The van der Waals surface area contributed by atoms with E-state index in [2.05, 4.69) is 52.7 Å². The van der Waals surface area contributed by atoms with Crippen molar-refractivity contribution in [2.45, 2.75) is 51.6 Å². The maximum absolute atomic E-state index is 12.7. The van der Waals surface area contributed by atoms with Gasteiger partial charge in [-0.3, -0.25) is 4.79 Å². The van der Waals surface area contributed by atoms with E-state index in [4.69, 9.17) is 9.47 Å². The fourth-order valence-corrected chi connectivity index (χ4v) is 5.07. The molecule has 0 saturated carbocycles. The number of rotatable bonds is 11. The molecular formula is C29H40N2O3S. The van der Waals surface area contributed by atoms with Crippen LogP contribution in [-0.4, -0.2) is 49.7 Å². The molecule has 2 aliphatic heterocycles.